The lowest BCUT2D eigenvalue weighted by Crippen LogP contribution is -2.47. The molecule has 1 N–H and O–H groups in total. The third-order valence-corrected chi connectivity index (χ3v) is 10.1. The molecule has 0 aromatic heterocycles. The highest BCUT2D eigenvalue weighted by atomic mass is 16.8. The maximum Gasteiger partial charge on any atom is 0.306 e. The SMILES string of the molecule is CC[C@@H](/C=C/C=C(/CC[C@H]1OC(C)(C)O[C@H]1C[C@@H](CN=[N+]=[N-])OCOC)COC)CCCC1(CCCC[C@@H](C)C[C@H](C)C(=O)O)OCC(C)(C)CO1. The van der Waals surface area contributed by atoms with E-state index in [1.54, 1.807) is 21.1 Å². The molecule has 0 saturated carbocycles. The van der Waals surface area contributed by atoms with Crippen LogP contribution in [0.3, 0.4) is 0 Å². The van der Waals surface area contributed by atoms with Crippen LogP contribution < -0.4 is 0 Å². The van der Waals surface area contributed by atoms with Gasteiger partial charge in [-0.15, -0.1) is 0 Å². The van der Waals surface area contributed by atoms with Crippen molar-refractivity contribution in [2.45, 2.75) is 155 Å². The molecule has 0 aromatic rings. The molecule has 300 valence electrons. The lowest BCUT2D eigenvalue weighted by Gasteiger charge is -2.44. The van der Waals surface area contributed by atoms with Crippen molar-refractivity contribution >= 4 is 5.97 Å². The third kappa shape index (κ3) is 17.9. The largest absolute Gasteiger partial charge is 0.481 e. The predicted octanol–water partition coefficient (Wildman–Crippen LogP) is 9.38. The molecule has 0 amide bonds. The highest BCUT2D eigenvalue weighted by Gasteiger charge is 2.42. The summed E-state index contributed by atoms with van der Waals surface area (Å²) in [6.07, 6.45) is 16.6. The maximum atomic E-state index is 11.3. The Morgan fingerprint density at radius 3 is 2.35 bits per heavy atom. The smallest absolute Gasteiger partial charge is 0.306 e. The number of carboxylic acids is 1. The van der Waals surface area contributed by atoms with Crippen molar-refractivity contribution in [3.8, 4) is 0 Å². The van der Waals surface area contributed by atoms with Crippen LogP contribution in [-0.2, 0) is 38.0 Å². The first kappa shape index (κ1) is 46.1. The number of unbranched alkanes of at least 4 members (excludes halogenated alkanes) is 1. The monoisotopic (exact) mass is 738 g/mol. The van der Waals surface area contributed by atoms with Crippen molar-refractivity contribution < 1.29 is 43.1 Å². The molecule has 2 saturated heterocycles. The standard InChI is InChI=1S/C40H71N3O9/c1-10-32(18-14-22-40(49-27-38(4,5)28-50-40)21-12-11-15-30(2)23-31(3)37(44)45)16-13-17-33(26-46-8)19-20-35-36(52-39(6,7)51-35)24-34(25-42-43-41)48-29-47-9/h13,16-17,30-32,34-36H,10-12,14-15,18-29H2,1-9H3,(H,44,45)/b16-13+,33-17-/t30-,31+,32+,34+,35-,36+/m1/s1. The van der Waals surface area contributed by atoms with Crippen molar-refractivity contribution in [3.05, 3.63) is 34.2 Å². The summed E-state index contributed by atoms with van der Waals surface area (Å²) < 4.78 is 41.9. The molecule has 0 spiro atoms. The minimum Gasteiger partial charge on any atom is -0.481 e. The average molecular weight is 738 g/mol. The van der Waals surface area contributed by atoms with Crippen LogP contribution in [0.4, 0.5) is 0 Å². The molecule has 12 nitrogen and oxygen atoms in total. The number of nitrogens with zero attached hydrogens (tertiary/aromatic N) is 3. The van der Waals surface area contributed by atoms with Gasteiger partial charge in [-0.1, -0.05) is 70.8 Å². The molecule has 12 heteroatoms. The fourth-order valence-corrected chi connectivity index (χ4v) is 7.10. The zero-order chi connectivity index (χ0) is 38.6. The van der Waals surface area contributed by atoms with Gasteiger partial charge in [0.25, 0.3) is 0 Å². The van der Waals surface area contributed by atoms with Crippen LogP contribution in [0.2, 0.25) is 0 Å². The van der Waals surface area contributed by atoms with Crippen LogP contribution >= 0.6 is 0 Å². The Morgan fingerprint density at radius 2 is 1.71 bits per heavy atom. The quantitative estimate of drug-likeness (QED) is 0.0217. The van der Waals surface area contributed by atoms with Crippen molar-refractivity contribution in [3.63, 3.8) is 0 Å². The van der Waals surface area contributed by atoms with E-state index in [1.165, 1.54) is 5.57 Å². The van der Waals surface area contributed by atoms with Gasteiger partial charge >= 0.3 is 5.97 Å². The molecule has 0 radical (unpaired) electrons. The number of aliphatic carboxylic acids is 1. The summed E-state index contributed by atoms with van der Waals surface area (Å²) in [4.78, 5) is 14.1. The Balaban J connectivity index is 1.95. The van der Waals surface area contributed by atoms with Crippen molar-refractivity contribution in [2.24, 2.45) is 28.3 Å². The normalized spacial score (nSPS) is 23.6. The van der Waals surface area contributed by atoms with E-state index in [0.29, 0.717) is 44.5 Å². The van der Waals surface area contributed by atoms with E-state index in [0.717, 1.165) is 64.2 Å². The fourth-order valence-electron chi connectivity index (χ4n) is 7.10. The molecule has 0 aliphatic carbocycles. The van der Waals surface area contributed by atoms with Gasteiger partial charge in [0.05, 0.1) is 50.6 Å². The Bertz CT molecular complexity index is 1130. The number of azide groups is 1. The summed E-state index contributed by atoms with van der Waals surface area (Å²) in [6.45, 7) is 16.6. The van der Waals surface area contributed by atoms with E-state index in [4.69, 9.17) is 38.7 Å². The minimum absolute atomic E-state index is 0.00788. The molecule has 52 heavy (non-hydrogen) atoms. The van der Waals surface area contributed by atoms with Crippen LogP contribution in [0, 0.1) is 23.2 Å². The molecule has 2 aliphatic rings. The number of carbonyl (C=O) groups is 1. The van der Waals surface area contributed by atoms with Gasteiger partial charge in [-0.25, -0.2) is 0 Å². The van der Waals surface area contributed by atoms with Crippen LogP contribution in [0.1, 0.15) is 126 Å². The molecular formula is C40H71N3O9. The van der Waals surface area contributed by atoms with Crippen LogP contribution in [-0.4, -0.2) is 88.3 Å². The summed E-state index contributed by atoms with van der Waals surface area (Å²) >= 11 is 0. The van der Waals surface area contributed by atoms with E-state index in [9.17, 15) is 9.90 Å². The van der Waals surface area contributed by atoms with Gasteiger partial charge in [-0.3, -0.25) is 4.79 Å². The summed E-state index contributed by atoms with van der Waals surface area (Å²) in [7, 11) is 3.28. The van der Waals surface area contributed by atoms with Gasteiger partial charge in [0, 0.05) is 43.8 Å². The fraction of sp³-hybridized carbons (Fsp3) is 0.875. The summed E-state index contributed by atoms with van der Waals surface area (Å²) in [5.41, 5.74) is 10.0. The van der Waals surface area contributed by atoms with Gasteiger partial charge in [0.2, 0.25) is 0 Å². The summed E-state index contributed by atoms with van der Waals surface area (Å²) in [5, 5.41) is 13.0. The maximum absolute atomic E-state index is 11.3. The predicted molar refractivity (Wildman–Crippen MR) is 203 cm³/mol. The Kier molecular flexibility index (Phi) is 21.0. The molecular weight excluding hydrogens is 666 g/mol. The number of ether oxygens (including phenoxy) is 7. The van der Waals surface area contributed by atoms with Gasteiger partial charge in [0.1, 0.15) is 6.79 Å². The first-order valence-electron chi connectivity index (χ1n) is 19.5. The molecule has 0 bridgehead atoms. The Labute approximate surface area is 313 Å². The van der Waals surface area contributed by atoms with Crippen molar-refractivity contribution in [2.75, 3.05) is 47.4 Å². The molecule has 2 rings (SSSR count). The van der Waals surface area contributed by atoms with E-state index in [2.05, 4.69) is 55.9 Å². The number of allylic oxidation sites excluding steroid dienone is 3. The molecule has 0 unspecified atom stereocenters. The highest BCUT2D eigenvalue weighted by molar-refractivity contribution is 5.69. The number of rotatable bonds is 27. The zero-order valence-corrected chi connectivity index (χ0v) is 33.8. The molecule has 6 atom stereocenters. The van der Waals surface area contributed by atoms with Crippen LogP contribution in [0.5, 0.6) is 0 Å². The second-order valence-electron chi connectivity index (χ2n) is 16.3. The van der Waals surface area contributed by atoms with Crippen molar-refractivity contribution in [1.82, 2.24) is 0 Å². The highest BCUT2D eigenvalue weighted by Crippen LogP contribution is 2.38. The molecule has 2 aliphatic heterocycles. The molecule has 2 fully saturated rings. The first-order chi connectivity index (χ1) is 24.7. The summed E-state index contributed by atoms with van der Waals surface area (Å²) in [5.74, 6) is -1.46. The number of hydrogen-bond donors (Lipinski definition) is 1. The summed E-state index contributed by atoms with van der Waals surface area (Å²) in [6, 6.07) is 0. The van der Waals surface area contributed by atoms with E-state index in [1.807, 2.05) is 13.8 Å². The van der Waals surface area contributed by atoms with Crippen LogP contribution in [0.15, 0.2) is 28.9 Å². The van der Waals surface area contributed by atoms with Crippen LogP contribution in [0.25, 0.3) is 10.4 Å². The van der Waals surface area contributed by atoms with Gasteiger partial charge in [-0.05, 0) is 81.7 Å². The van der Waals surface area contributed by atoms with Gasteiger partial charge < -0.3 is 38.3 Å². The second kappa shape index (κ2) is 23.7. The lowest BCUT2D eigenvalue weighted by molar-refractivity contribution is -0.305. The first-order valence-corrected chi connectivity index (χ1v) is 19.5. The number of carboxylic acid groups (broad SMARTS) is 1. The zero-order valence-electron chi connectivity index (χ0n) is 33.8. The van der Waals surface area contributed by atoms with Gasteiger partial charge in [-0.2, -0.15) is 0 Å². The van der Waals surface area contributed by atoms with Gasteiger partial charge in [0.15, 0.2) is 11.6 Å². The topological polar surface area (TPSA) is 151 Å². The lowest BCUT2D eigenvalue weighted by atomic mass is 9.89. The van der Waals surface area contributed by atoms with E-state index in [-0.39, 0.29) is 43.0 Å². The Morgan fingerprint density at radius 1 is 1.02 bits per heavy atom. The number of hydrogen-bond acceptors (Lipinski definition) is 9. The second-order valence-corrected chi connectivity index (χ2v) is 16.3. The van der Waals surface area contributed by atoms with Crippen molar-refractivity contribution in [1.29, 1.82) is 0 Å². The van der Waals surface area contributed by atoms with E-state index >= 15 is 0 Å². The minimum atomic E-state index is -0.720. The third-order valence-electron chi connectivity index (χ3n) is 10.1. The Hall–Kier alpha value is -2.02. The molecule has 2 heterocycles. The average Bonchev–Trinajstić information content (AvgIpc) is 3.39. The number of methoxy groups -OCH3 is 2. The molecule has 0 aromatic carbocycles. The van der Waals surface area contributed by atoms with E-state index < -0.39 is 17.5 Å².